The lowest BCUT2D eigenvalue weighted by molar-refractivity contribution is 0.0972. The van der Waals surface area contributed by atoms with Gasteiger partial charge in [-0.1, -0.05) is 11.6 Å². The molecular weight excluding hydrogens is 252 g/mol. The Kier molecular flexibility index (Phi) is 3.18. The second kappa shape index (κ2) is 4.82. The lowest BCUT2D eigenvalue weighted by Crippen LogP contribution is -2.53. The molecule has 3 saturated heterocycles. The van der Waals surface area contributed by atoms with Crippen molar-refractivity contribution in [3.63, 3.8) is 0 Å². The fraction of sp³-hybridized carbons (Fsp3) is 0.583. The number of aromatic nitrogens is 2. The van der Waals surface area contributed by atoms with Crippen LogP contribution in [0.1, 0.15) is 23.2 Å². The molecule has 6 heteroatoms. The third kappa shape index (κ3) is 2.08. The molecule has 1 atom stereocenters. The first kappa shape index (κ1) is 11.9. The van der Waals surface area contributed by atoms with E-state index in [1.165, 1.54) is 32.3 Å². The van der Waals surface area contributed by atoms with Crippen molar-refractivity contribution in [1.29, 1.82) is 0 Å². The number of carbonyl (C=O) groups is 1. The molecule has 5 nitrogen and oxygen atoms in total. The van der Waals surface area contributed by atoms with Crippen LogP contribution in [0.25, 0.3) is 0 Å². The minimum atomic E-state index is 0.212. The van der Waals surface area contributed by atoms with Gasteiger partial charge in [-0.25, -0.2) is 9.97 Å². The summed E-state index contributed by atoms with van der Waals surface area (Å²) in [7, 11) is 0. The van der Waals surface area contributed by atoms with Gasteiger partial charge in [-0.05, 0) is 31.8 Å². The molecule has 0 amide bonds. The molecular formula is C12H15ClN4O. The molecule has 18 heavy (non-hydrogen) atoms. The van der Waals surface area contributed by atoms with Gasteiger partial charge >= 0.3 is 0 Å². The summed E-state index contributed by atoms with van der Waals surface area (Å²) in [5.74, 6) is 1.23. The molecule has 0 saturated carbocycles. The van der Waals surface area contributed by atoms with Crippen molar-refractivity contribution in [2.75, 3.05) is 25.0 Å². The standard InChI is InChI=1S/C12H15ClN4O/c13-11-9(6-18)12(15-7-14-11)16-10-5-17-3-1-8(10)2-4-17/h6-8,10H,1-5H2,(H,14,15,16). The van der Waals surface area contributed by atoms with Gasteiger partial charge in [-0.15, -0.1) is 0 Å². The van der Waals surface area contributed by atoms with E-state index in [1.807, 2.05) is 0 Å². The number of anilines is 1. The molecule has 0 aliphatic carbocycles. The van der Waals surface area contributed by atoms with Crippen LogP contribution in [0.2, 0.25) is 5.15 Å². The van der Waals surface area contributed by atoms with E-state index in [0.29, 0.717) is 29.6 Å². The first-order valence-electron chi connectivity index (χ1n) is 6.22. The first-order chi connectivity index (χ1) is 8.78. The molecule has 3 aliphatic rings. The number of piperidine rings is 3. The predicted octanol–water partition coefficient (Wildman–Crippen LogP) is 1.45. The number of hydrogen-bond acceptors (Lipinski definition) is 5. The molecule has 0 radical (unpaired) electrons. The Morgan fingerprint density at radius 3 is 2.78 bits per heavy atom. The monoisotopic (exact) mass is 266 g/mol. The number of rotatable bonds is 3. The summed E-state index contributed by atoms with van der Waals surface area (Å²) in [5, 5.41) is 3.58. The molecule has 3 aliphatic heterocycles. The first-order valence-corrected chi connectivity index (χ1v) is 6.60. The highest BCUT2D eigenvalue weighted by atomic mass is 35.5. The van der Waals surface area contributed by atoms with E-state index in [2.05, 4.69) is 20.2 Å². The normalized spacial score (nSPS) is 30.2. The molecule has 1 aromatic heterocycles. The zero-order chi connectivity index (χ0) is 12.5. The molecule has 3 fully saturated rings. The van der Waals surface area contributed by atoms with Crippen LogP contribution in [-0.4, -0.2) is 46.8 Å². The second-order valence-electron chi connectivity index (χ2n) is 4.93. The zero-order valence-corrected chi connectivity index (χ0v) is 10.7. The summed E-state index contributed by atoms with van der Waals surface area (Å²) in [5.41, 5.74) is 0.357. The topological polar surface area (TPSA) is 58.1 Å². The van der Waals surface area contributed by atoms with E-state index in [4.69, 9.17) is 11.6 Å². The highest BCUT2D eigenvalue weighted by Crippen LogP contribution is 2.30. The summed E-state index contributed by atoms with van der Waals surface area (Å²) in [6.45, 7) is 3.40. The van der Waals surface area contributed by atoms with Crippen LogP contribution < -0.4 is 5.32 Å². The number of hydrogen-bond donors (Lipinski definition) is 1. The van der Waals surface area contributed by atoms with Crippen LogP contribution in [0.15, 0.2) is 6.33 Å². The molecule has 1 aromatic rings. The van der Waals surface area contributed by atoms with E-state index in [-0.39, 0.29) is 5.15 Å². The fourth-order valence-electron chi connectivity index (χ4n) is 2.90. The minimum absolute atomic E-state index is 0.212. The summed E-state index contributed by atoms with van der Waals surface area (Å²) in [4.78, 5) is 21.4. The van der Waals surface area contributed by atoms with Crippen molar-refractivity contribution in [3.8, 4) is 0 Å². The van der Waals surface area contributed by atoms with Crippen molar-refractivity contribution in [3.05, 3.63) is 17.0 Å². The number of carbonyl (C=O) groups excluding carboxylic acids is 1. The van der Waals surface area contributed by atoms with Gasteiger partial charge in [0.1, 0.15) is 17.3 Å². The van der Waals surface area contributed by atoms with Crippen LogP contribution >= 0.6 is 11.6 Å². The van der Waals surface area contributed by atoms with E-state index in [9.17, 15) is 4.79 Å². The van der Waals surface area contributed by atoms with Crippen LogP contribution in [-0.2, 0) is 0 Å². The van der Waals surface area contributed by atoms with Crippen LogP contribution in [0, 0.1) is 5.92 Å². The average molecular weight is 267 g/mol. The summed E-state index contributed by atoms with van der Waals surface area (Å²) in [6.07, 6.45) is 4.53. The Bertz CT molecular complexity index is 459. The predicted molar refractivity (Wildman–Crippen MR) is 69.0 cm³/mol. The summed E-state index contributed by atoms with van der Waals surface area (Å²) in [6, 6.07) is 0.358. The highest BCUT2D eigenvalue weighted by Gasteiger charge is 2.34. The van der Waals surface area contributed by atoms with Gasteiger partial charge in [0.15, 0.2) is 6.29 Å². The second-order valence-corrected chi connectivity index (χ2v) is 5.29. The van der Waals surface area contributed by atoms with E-state index < -0.39 is 0 Å². The maximum atomic E-state index is 11.0. The number of nitrogens with zero attached hydrogens (tertiary/aromatic N) is 3. The van der Waals surface area contributed by atoms with Crippen LogP contribution in [0.5, 0.6) is 0 Å². The van der Waals surface area contributed by atoms with Gasteiger partial charge in [0, 0.05) is 12.6 Å². The van der Waals surface area contributed by atoms with Crippen LogP contribution in [0.3, 0.4) is 0 Å². The number of nitrogens with one attached hydrogen (secondary N) is 1. The molecule has 0 spiro atoms. The molecule has 96 valence electrons. The van der Waals surface area contributed by atoms with Crippen molar-refractivity contribution in [1.82, 2.24) is 14.9 Å². The lowest BCUT2D eigenvalue weighted by atomic mass is 9.84. The largest absolute Gasteiger partial charge is 0.365 e. The Labute approximate surface area is 111 Å². The van der Waals surface area contributed by atoms with E-state index in [0.717, 1.165) is 6.54 Å². The van der Waals surface area contributed by atoms with Gasteiger partial charge < -0.3 is 10.2 Å². The fourth-order valence-corrected chi connectivity index (χ4v) is 3.08. The third-order valence-electron chi connectivity index (χ3n) is 3.93. The SMILES string of the molecule is O=Cc1c(Cl)ncnc1NC1CN2CCC1CC2. The Morgan fingerprint density at radius 2 is 2.17 bits per heavy atom. The van der Waals surface area contributed by atoms with Gasteiger partial charge in [0.05, 0.1) is 5.56 Å². The van der Waals surface area contributed by atoms with Crippen molar-refractivity contribution in [2.45, 2.75) is 18.9 Å². The zero-order valence-electron chi connectivity index (χ0n) is 9.97. The molecule has 0 aromatic carbocycles. The minimum Gasteiger partial charge on any atom is -0.365 e. The molecule has 4 rings (SSSR count). The third-order valence-corrected chi connectivity index (χ3v) is 4.23. The number of aldehydes is 1. The smallest absolute Gasteiger partial charge is 0.156 e. The summed E-state index contributed by atoms with van der Waals surface area (Å²) < 4.78 is 0. The van der Waals surface area contributed by atoms with Gasteiger partial charge in [-0.2, -0.15) is 0 Å². The van der Waals surface area contributed by atoms with Crippen molar-refractivity contribution in [2.24, 2.45) is 5.92 Å². The maximum absolute atomic E-state index is 11.0. The van der Waals surface area contributed by atoms with Gasteiger partial charge in [0.25, 0.3) is 0 Å². The Morgan fingerprint density at radius 1 is 1.39 bits per heavy atom. The number of halogens is 1. The summed E-state index contributed by atoms with van der Waals surface area (Å²) >= 11 is 5.89. The van der Waals surface area contributed by atoms with Gasteiger partial charge in [0.2, 0.25) is 0 Å². The maximum Gasteiger partial charge on any atom is 0.156 e. The van der Waals surface area contributed by atoms with E-state index in [1.54, 1.807) is 0 Å². The van der Waals surface area contributed by atoms with Gasteiger partial charge in [-0.3, -0.25) is 4.79 Å². The quantitative estimate of drug-likeness (QED) is 0.663. The lowest BCUT2D eigenvalue weighted by Gasteiger charge is -2.45. The van der Waals surface area contributed by atoms with Crippen molar-refractivity contribution >= 4 is 23.7 Å². The van der Waals surface area contributed by atoms with Crippen molar-refractivity contribution < 1.29 is 4.79 Å². The van der Waals surface area contributed by atoms with E-state index >= 15 is 0 Å². The van der Waals surface area contributed by atoms with Crippen LogP contribution in [0.4, 0.5) is 5.82 Å². The highest BCUT2D eigenvalue weighted by molar-refractivity contribution is 6.32. The molecule has 2 bridgehead atoms. The molecule has 4 heterocycles. The average Bonchev–Trinajstić information content (AvgIpc) is 2.40. The Balaban J connectivity index is 1.80. The Hall–Kier alpha value is -1.20. The number of fused-ring (bicyclic) bond motifs is 3. The molecule has 1 unspecified atom stereocenters. The molecule has 1 N–H and O–H groups in total.